The summed E-state index contributed by atoms with van der Waals surface area (Å²) < 4.78 is 5.39. The van der Waals surface area contributed by atoms with Crippen LogP contribution in [0.5, 0.6) is 5.75 Å². The summed E-state index contributed by atoms with van der Waals surface area (Å²) in [6, 6.07) is 4.97. The summed E-state index contributed by atoms with van der Waals surface area (Å²) in [4.78, 5) is 12.7. The molecule has 0 bridgehead atoms. The summed E-state index contributed by atoms with van der Waals surface area (Å²) in [6.45, 7) is 3.30. The molecule has 118 valence electrons. The molecular weight excluding hydrogens is 280 g/mol. The molecule has 1 fully saturated rings. The lowest BCUT2D eigenvalue weighted by Crippen LogP contribution is -2.36. The average Bonchev–Trinajstić information content (AvgIpc) is 2.48. The number of rotatable bonds is 2. The molecule has 2 N–H and O–H groups in total. The maximum atomic E-state index is 12.7. The topological polar surface area (TPSA) is 66.8 Å². The van der Waals surface area contributed by atoms with E-state index < -0.39 is 0 Å². The van der Waals surface area contributed by atoms with Crippen molar-refractivity contribution in [2.45, 2.75) is 39.0 Å². The number of phenolic OH excluding ortho intramolecular Hbond substituents is 1. The lowest BCUT2D eigenvalue weighted by Gasteiger charge is -2.39. The van der Waals surface area contributed by atoms with E-state index in [1.807, 2.05) is 6.92 Å². The predicted octanol–water partition coefficient (Wildman–Crippen LogP) is 3.38. The molecule has 4 heteroatoms. The first-order valence-electron chi connectivity index (χ1n) is 7.90. The number of aryl methyl sites for hydroxylation is 1. The highest BCUT2D eigenvalue weighted by atomic mass is 16.5. The Kier molecular flexibility index (Phi) is 3.96. The number of hydrogen-bond donors (Lipinski definition) is 2. The Balaban J connectivity index is 2.00. The molecule has 1 heterocycles. The van der Waals surface area contributed by atoms with Gasteiger partial charge in [0.2, 0.25) is 0 Å². The lowest BCUT2D eigenvalue weighted by atomic mass is 9.67. The number of hydrogen-bond acceptors (Lipinski definition) is 4. The van der Waals surface area contributed by atoms with Crippen LogP contribution in [0.1, 0.15) is 43.7 Å². The molecule has 22 heavy (non-hydrogen) atoms. The molecule has 1 saturated heterocycles. The molecule has 0 radical (unpaired) electrons. The normalized spacial score (nSPS) is 21.4. The SMILES string of the molecule is CCc1cc(O)ccc1C1=C(O)CC2(CCOCC2)CC1=O. The number of aromatic hydroxyl groups is 1. The van der Waals surface area contributed by atoms with E-state index in [4.69, 9.17) is 4.74 Å². The van der Waals surface area contributed by atoms with Crippen LogP contribution in [0.15, 0.2) is 24.0 Å². The number of phenols is 1. The third-order valence-electron chi connectivity index (χ3n) is 4.94. The Morgan fingerprint density at radius 3 is 2.55 bits per heavy atom. The molecule has 2 aliphatic rings. The fourth-order valence-electron chi connectivity index (χ4n) is 3.68. The molecule has 1 aliphatic carbocycles. The molecule has 3 rings (SSSR count). The fourth-order valence-corrected chi connectivity index (χ4v) is 3.68. The van der Waals surface area contributed by atoms with Gasteiger partial charge in [0.25, 0.3) is 0 Å². The number of Topliss-reactive ketones (excluding diaryl/α,β-unsaturated/α-hetero) is 1. The second-order valence-corrected chi connectivity index (χ2v) is 6.41. The van der Waals surface area contributed by atoms with Crippen LogP contribution in [0.3, 0.4) is 0 Å². The van der Waals surface area contributed by atoms with Crippen LogP contribution in [-0.2, 0) is 16.0 Å². The monoisotopic (exact) mass is 302 g/mol. The zero-order chi connectivity index (χ0) is 15.7. The first kappa shape index (κ1) is 15.1. The smallest absolute Gasteiger partial charge is 0.167 e. The van der Waals surface area contributed by atoms with Gasteiger partial charge in [-0.15, -0.1) is 0 Å². The maximum Gasteiger partial charge on any atom is 0.167 e. The molecular formula is C18H22O4. The van der Waals surface area contributed by atoms with Gasteiger partial charge in [0.15, 0.2) is 5.78 Å². The molecule has 0 unspecified atom stereocenters. The van der Waals surface area contributed by atoms with Gasteiger partial charge < -0.3 is 14.9 Å². The highest BCUT2D eigenvalue weighted by Gasteiger charge is 2.41. The van der Waals surface area contributed by atoms with Crippen molar-refractivity contribution in [2.75, 3.05) is 13.2 Å². The van der Waals surface area contributed by atoms with E-state index in [2.05, 4.69) is 0 Å². The highest BCUT2D eigenvalue weighted by molar-refractivity contribution is 6.22. The third-order valence-corrected chi connectivity index (χ3v) is 4.94. The third kappa shape index (κ3) is 2.63. The number of benzene rings is 1. The largest absolute Gasteiger partial charge is 0.512 e. The van der Waals surface area contributed by atoms with E-state index in [1.165, 1.54) is 0 Å². The molecule has 4 nitrogen and oxygen atoms in total. The maximum absolute atomic E-state index is 12.7. The highest BCUT2D eigenvalue weighted by Crippen LogP contribution is 2.46. The molecule has 0 aromatic heterocycles. The second-order valence-electron chi connectivity index (χ2n) is 6.41. The van der Waals surface area contributed by atoms with E-state index in [9.17, 15) is 15.0 Å². The number of ketones is 1. The van der Waals surface area contributed by atoms with Crippen LogP contribution < -0.4 is 0 Å². The van der Waals surface area contributed by atoms with Gasteiger partial charge >= 0.3 is 0 Å². The van der Waals surface area contributed by atoms with Gasteiger partial charge in [-0.1, -0.05) is 13.0 Å². The first-order chi connectivity index (χ1) is 10.5. The number of aliphatic hydroxyl groups is 1. The summed E-state index contributed by atoms with van der Waals surface area (Å²) in [7, 11) is 0. The fraction of sp³-hybridized carbons (Fsp3) is 0.500. The molecule has 0 atom stereocenters. The minimum Gasteiger partial charge on any atom is -0.512 e. The summed E-state index contributed by atoms with van der Waals surface area (Å²) >= 11 is 0. The van der Waals surface area contributed by atoms with Gasteiger partial charge in [0.05, 0.1) is 5.57 Å². The standard InChI is InChI=1S/C18H22O4/c1-2-12-9-13(19)3-4-14(12)17-15(20)10-18(11-16(17)21)5-7-22-8-6-18/h3-4,9,19-20H,2,5-8,10-11H2,1H3. The van der Waals surface area contributed by atoms with E-state index in [0.29, 0.717) is 38.0 Å². The molecule has 0 amide bonds. The Hall–Kier alpha value is -1.81. The quantitative estimate of drug-likeness (QED) is 0.879. The average molecular weight is 302 g/mol. The second kappa shape index (κ2) is 5.76. The van der Waals surface area contributed by atoms with Crippen molar-refractivity contribution < 1.29 is 19.7 Å². The number of allylic oxidation sites excluding steroid dienone is 2. The van der Waals surface area contributed by atoms with Crippen LogP contribution in [0.4, 0.5) is 0 Å². The Morgan fingerprint density at radius 1 is 1.18 bits per heavy atom. The van der Waals surface area contributed by atoms with Crippen LogP contribution in [-0.4, -0.2) is 29.2 Å². The van der Waals surface area contributed by atoms with Gasteiger partial charge in [-0.05, 0) is 47.9 Å². The van der Waals surface area contributed by atoms with Crippen molar-refractivity contribution in [3.63, 3.8) is 0 Å². The molecule has 1 spiro atoms. The molecule has 1 aliphatic heterocycles. The van der Waals surface area contributed by atoms with Gasteiger partial charge in [-0.2, -0.15) is 0 Å². The van der Waals surface area contributed by atoms with Crippen LogP contribution in [0, 0.1) is 5.41 Å². The van der Waals surface area contributed by atoms with Crippen molar-refractivity contribution in [1.29, 1.82) is 0 Å². The van der Waals surface area contributed by atoms with Gasteiger partial charge in [0.1, 0.15) is 11.5 Å². The number of carbonyl (C=O) groups is 1. The van der Waals surface area contributed by atoms with E-state index >= 15 is 0 Å². The zero-order valence-electron chi connectivity index (χ0n) is 12.9. The van der Waals surface area contributed by atoms with Gasteiger partial charge in [-0.3, -0.25) is 4.79 Å². The number of aliphatic hydroxyl groups excluding tert-OH is 1. The van der Waals surface area contributed by atoms with Crippen molar-refractivity contribution in [3.8, 4) is 5.75 Å². The van der Waals surface area contributed by atoms with Gasteiger partial charge in [-0.25, -0.2) is 0 Å². The summed E-state index contributed by atoms with van der Waals surface area (Å²) in [5, 5.41) is 20.2. The van der Waals surface area contributed by atoms with E-state index in [0.717, 1.165) is 24.0 Å². The van der Waals surface area contributed by atoms with Crippen molar-refractivity contribution >= 4 is 11.4 Å². The van der Waals surface area contributed by atoms with Crippen LogP contribution in [0.25, 0.3) is 5.57 Å². The van der Waals surface area contributed by atoms with Crippen LogP contribution in [0.2, 0.25) is 0 Å². The number of carbonyl (C=O) groups excluding carboxylic acids is 1. The Morgan fingerprint density at radius 2 is 1.91 bits per heavy atom. The van der Waals surface area contributed by atoms with Crippen LogP contribution >= 0.6 is 0 Å². The van der Waals surface area contributed by atoms with Gasteiger partial charge in [0, 0.05) is 26.1 Å². The van der Waals surface area contributed by atoms with Crippen molar-refractivity contribution in [2.24, 2.45) is 5.41 Å². The summed E-state index contributed by atoms with van der Waals surface area (Å²) in [5.74, 6) is 0.384. The summed E-state index contributed by atoms with van der Waals surface area (Å²) in [6.07, 6.45) is 3.37. The predicted molar refractivity (Wildman–Crippen MR) is 83.8 cm³/mol. The summed E-state index contributed by atoms with van der Waals surface area (Å²) in [5.41, 5.74) is 1.95. The Bertz CT molecular complexity index is 624. The minimum atomic E-state index is -0.133. The lowest BCUT2D eigenvalue weighted by molar-refractivity contribution is -0.118. The molecule has 0 saturated carbocycles. The molecule has 1 aromatic carbocycles. The van der Waals surface area contributed by atoms with E-state index in [-0.39, 0.29) is 22.7 Å². The van der Waals surface area contributed by atoms with Crippen molar-refractivity contribution in [1.82, 2.24) is 0 Å². The van der Waals surface area contributed by atoms with E-state index in [1.54, 1.807) is 18.2 Å². The first-order valence-corrected chi connectivity index (χ1v) is 7.90. The van der Waals surface area contributed by atoms with Crippen molar-refractivity contribution in [3.05, 3.63) is 35.1 Å². The zero-order valence-corrected chi connectivity index (χ0v) is 12.9. The molecule has 1 aromatic rings. The Labute approximate surface area is 130 Å². The minimum absolute atomic E-state index is 0.00559. The number of ether oxygens (including phenoxy) is 1.